The van der Waals surface area contributed by atoms with Crippen molar-refractivity contribution in [2.75, 3.05) is 17.3 Å². The fourth-order valence-corrected chi connectivity index (χ4v) is 2.15. The van der Waals surface area contributed by atoms with Crippen molar-refractivity contribution < 1.29 is 10.0 Å². The Kier molecular flexibility index (Phi) is 5.29. The zero-order chi connectivity index (χ0) is 15.3. The van der Waals surface area contributed by atoms with E-state index in [1.54, 1.807) is 13.0 Å². The summed E-state index contributed by atoms with van der Waals surface area (Å²) in [5.41, 5.74) is 2.42. The fourth-order valence-electron chi connectivity index (χ4n) is 2.15. The maximum atomic E-state index is 10.8. The Labute approximate surface area is 118 Å². The van der Waals surface area contributed by atoms with Crippen LogP contribution in [0.4, 0.5) is 17.1 Å². The molecule has 0 aliphatic heterocycles. The van der Waals surface area contributed by atoms with Gasteiger partial charge in [-0.05, 0) is 25.3 Å². The fraction of sp³-hybridized carbons (Fsp3) is 0.538. The molecule has 0 saturated heterocycles. The van der Waals surface area contributed by atoms with Gasteiger partial charge in [0.2, 0.25) is 0 Å². The number of benzene rings is 1. The lowest BCUT2D eigenvalue weighted by molar-refractivity contribution is -0.384. The molecule has 1 aromatic carbocycles. The van der Waals surface area contributed by atoms with E-state index >= 15 is 0 Å². The van der Waals surface area contributed by atoms with Crippen LogP contribution in [0.3, 0.4) is 0 Å². The number of nitro benzene ring substituents is 1. The minimum atomic E-state index is -0.880. The average molecular weight is 282 g/mol. The van der Waals surface area contributed by atoms with Crippen molar-refractivity contribution in [3.8, 4) is 0 Å². The van der Waals surface area contributed by atoms with Crippen LogP contribution in [0.2, 0.25) is 0 Å². The van der Waals surface area contributed by atoms with Gasteiger partial charge >= 0.3 is 0 Å². The number of nitrogens with zero attached hydrogens (tertiary/aromatic N) is 1. The first-order chi connectivity index (χ1) is 9.23. The molecule has 0 saturated carbocycles. The smallest absolute Gasteiger partial charge is 0.273 e. The summed E-state index contributed by atoms with van der Waals surface area (Å²) < 4.78 is 0. The lowest BCUT2D eigenvalue weighted by Crippen LogP contribution is -2.34. The van der Waals surface area contributed by atoms with Gasteiger partial charge in [0.05, 0.1) is 16.2 Å². The van der Waals surface area contributed by atoms with Crippen molar-refractivity contribution in [1.29, 1.82) is 0 Å². The van der Waals surface area contributed by atoms with E-state index < -0.39 is 10.5 Å². The molecule has 1 atom stereocenters. The lowest BCUT2D eigenvalue weighted by Gasteiger charge is -2.26. The van der Waals surface area contributed by atoms with Crippen LogP contribution in [0.25, 0.3) is 0 Å². The number of anilines is 2. The van der Waals surface area contributed by atoms with Crippen molar-refractivity contribution in [3.05, 3.63) is 28.3 Å². The van der Waals surface area contributed by atoms with Gasteiger partial charge in [-0.15, -0.1) is 0 Å². The second-order valence-corrected chi connectivity index (χ2v) is 5.62. The SMILES string of the molecule is CC(C)CC(C)(O)CNc1cc(NN)cc([N+](=O)[O-])c1. The Morgan fingerprint density at radius 2 is 2.00 bits per heavy atom. The van der Waals surface area contributed by atoms with Crippen LogP contribution in [0.1, 0.15) is 27.2 Å². The Morgan fingerprint density at radius 1 is 1.40 bits per heavy atom. The number of nitro groups is 1. The van der Waals surface area contributed by atoms with Crippen molar-refractivity contribution in [3.63, 3.8) is 0 Å². The Balaban J connectivity index is 2.82. The summed E-state index contributed by atoms with van der Waals surface area (Å²) in [5, 5.41) is 24.1. The van der Waals surface area contributed by atoms with E-state index in [4.69, 9.17) is 5.84 Å². The largest absolute Gasteiger partial charge is 0.388 e. The first-order valence-electron chi connectivity index (χ1n) is 6.46. The van der Waals surface area contributed by atoms with Crippen molar-refractivity contribution in [2.45, 2.75) is 32.8 Å². The van der Waals surface area contributed by atoms with Gasteiger partial charge in [0.25, 0.3) is 5.69 Å². The van der Waals surface area contributed by atoms with Gasteiger partial charge in [-0.1, -0.05) is 13.8 Å². The third-order valence-electron chi connectivity index (χ3n) is 2.82. The second-order valence-electron chi connectivity index (χ2n) is 5.62. The predicted octanol–water partition coefficient (Wildman–Crippen LogP) is 2.09. The van der Waals surface area contributed by atoms with Gasteiger partial charge in [-0.3, -0.25) is 16.0 Å². The Bertz CT molecular complexity index is 475. The third-order valence-corrected chi connectivity index (χ3v) is 2.82. The van der Waals surface area contributed by atoms with Crippen molar-refractivity contribution >= 4 is 17.1 Å². The molecule has 7 heteroatoms. The van der Waals surface area contributed by atoms with Gasteiger partial charge in [-0.25, -0.2) is 0 Å². The van der Waals surface area contributed by atoms with Gasteiger partial charge in [0.15, 0.2) is 0 Å². The molecule has 5 N–H and O–H groups in total. The van der Waals surface area contributed by atoms with Crippen LogP contribution in [-0.4, -0.2) is 22.2 Å². The van der Waals surface area contributed by atoms with Crippen LogP contribution >= 0.6 is 0 Å². The molecule has 0 spiro atoms. The van der Waals surface area contributed by atoms with Crippen LogP contribution in [-0.2, 0) is 0 Å². The highest BCUT2D eigenvalue weighted by atomic mass is 16.6. The molecule has 0 aliphatic rings. The molecule has 0 heterocycles. The predicted molar refractivity (Wildman–Crippen MR) is 79.5 cm³/mol. The van der Waals surface area contributed by atoms with Crippen molar-refractivity contribution in [2.24, 2.45) is 11.8 Å². The number of non-ortho nitro benzene ring substituents is 1. The van der Waals surface area contributed by atoms with E-state index in [0.29, 0.717) is 30.3 Å². The van der Waals surface area contributed by atoms with E-state index in [9.17, 15) is 15.2 Å². The monoisotopic (exact) mass is 282 g/mol. The Hall–Kier alpha value is -1.86. The summed E-state index contributed by atoms with van der Waals surface area (Å²) in [4.78, 5) is 10.3. The van der Waals surface area contributed by atoms with Gasteiger partial charge in [-0.2, -0.15) is 0 Å². The number of nitrogens with one attached hydrogen (secondary N) is 2. The van der Waals surface area contributed by atoms with E-state index in [2.05, 4.69) is 10.7 Å². The number of rotatable bonds is 7. The van der Waals surface area contributed by atoms with Gasteiger partial charge in [0, 0.05) is 24.4 Å². The number of nitrogen functional groups attached to an aromatic ring is 1. The first-order valence-corrected chi connectivity index (χ1v) is 6.46. The van der Waals surface area contributed by atoms with Gasteiger partial charge < -0.3 is 15.8 Å². The molecule has 1 aromatic rings. The molecule has 0 radical (unpaired) electrons. The van der Waals surface area contributed by atoms with Crippen LogP contribution in [0.5, 0.6) is 0 Å². The molecule has 0 bridgehead atoms. The molecule has 0 aromatic heterocycles. The molecule has 1 rings (SSSR count). The molecule has 1 unspecified atom stereocenters. The number of nitrogens with two attached hydrogens (primary N) is 1. The number of hydrogen-bond acceptors (Lipinski definition) is 6. The zero-order valence-corrected chi connectivity index (χ0v) is 12.0. The number of hydrogen-bond donors (Lipinski definition) is 4. The number of aliphatic hydroxyl groups is 1. The molecule has 0 fully saturated rings. The molecular formula is C13H22N4O3. The maximum absolute atomic E-state index is 10.8. The van der Waals surface area contributed by atoms with Crippen LogP contribution < -0.4 is 16.6 Å². The summed E-state index contributed by atoms with van der Waals surface area (Å²) in [6.45, 7) is 6.09. The lowest BCUT2D eigenvalue weighted by atomic mass is 9.94. The molecule has 0 amide bonds. The van der Waals surface area contributed by atoms with E-state index in [-0.39, 0.29) is 5.69 Å². The summed E-state index contributed by atoms with van der Waals surface area (Å²) in [7, 11) is 0. The van der Waals surface area contributed by atoms with Crippen LogP contribution in [0, 0.1) is 16.0 Å². The summed E-state index contributed by atoms with van der Waals surface area (Å²) in [6.07, 6.45) is 0.636. The van der Waals surface area contributed by atoms with Crippen LogP contribution in [0.15, 0.2) is 18.2 Å². The third kappa shape index (κ3) is 5.02. The highest BCUT2D eigenvalue weighted by molar-refractivity contribution is 5.63. The summed E-state index contributed by atoms with van der Waals surface area (Å²) in [5.74, 6) is 5.65. The van der Waals surface area contributed by atoms with E-state index in [1.165, 1.54) is 12.1 Å². The minimum absolute atomic E-state index is 0.0635. The standard InChI is InChI=1S/C13H22N4O3/c1-9(2)7-13(3,18)8-15-10-4-11(16-14)6-12(5-10)17(19)20/h4-6,9,15-16,18H,7-8,14H2,1-3H3. The molecule has 0 aliphatic carbocycles. The molecular weight excluding hydrogens is 260 g/mol. The first kappa shape index (κ1) is 16.2. The van der Waals surface area contributed by atoms with E-state index in [1.807, 2.05) is 13.8 Å². The summed E-state index contributed by atoms with van der Waals surface area (Å²) in [6, 6.07) is 4.40. The maximum Gasteiger partial charge on any atom is 0.273 e. The van der Waals surface area contributed by atoms with Gasteiger partial charge in [0.1, 0.15) is 0 Å². The zero-order valence-electron chi connectivity index (χ0n) is 12.0. The molecule has 20 heavy (non-hydrogen) atoms. The quantitative estimate of drug-likeness (QED) is 0.346. The normalized spacial score (nSPS) is 13.9. The van der Waals surface area contributed by atoms with E-state index in [0.717, 1.165) is 0 Å². The van der Waals surface area contributed by atoms with Crippen molar-refractivity contribution in [1.82, 2.24) is 0 Å². The molecule has 112 valence electrons. The topological polar surface area (TPSA) is 113 Å². The number of hydrazine groups is 1. The highest BCUT2D eigenvalue weighted by Gasteiger charge is 2.22. The average Bonchev–Trinajstić information content (AvgIpc) is 2.34. The Morgan fingerprint density at radius 3 is 2.50 bits per heavy atom. The molecule has 7 nitrogen and oxygen atoms in total. The highest BCUT2D eigenvalue weighted by Crippen LogP contribution is 2.25. The minimum Gasteiger partial charge on any atom is -0.388 e. The summed E-state index contributed by atoms with van der Waals surface area (Å²) >= 11 is 0. The second kappa shape index (κ2) is 6.53.